The molecule has 2 aromatic carbocycles. The van der Waals surface area contributed by atoms with Gasteiger partial charge in [-0.05, 0) is 36.4 Å². The maximum atomic E-state index is 12.1. The highest BCUT2D eigenvalue weighted by molar-refractivity contribution is 7.89. The van der Waals surface area contributed by atoms with Crippen LogP contribution in [0.5, 0.6) is 0 Å². The molecule has 0 unspecified atom stereocenters. The van der Waals surface area contributed by atoms with Gasteiger partial charge in [0.15, 0.2) is 0 Å². The van der Waals surface area contributed by atoms with Gasteiger partial charge in [-0.25, -0.2) is 18.4 Å². The molecule has 0 aliphatic heterocycles. The maximum absolute atomic E-state index is 12.1. The van der Waals surface area contributed by atoms with E-state index >= 15 is 0 Å². The van der Waals surface area contributed by atoms with Crippen molar-refractivity contribution in [2.24, 2.45) is 5.14 Å². The molecule has 1 aromatic heterocycles. The van der Waals surface area contributed by atoms with Crippen molar-refractivity contribution < 1.29 is 22.7 Å². The van der Waals surface area contributed by atoms with Crippen LogP contribution >= 0.6 is 0 Å². The van der Waals surface area contributed by atoms with E-state index in [9.17, 15) is 18.3 Å². The van der Waals surface area contributed by atoms with Crippen LogP contribution in [0.15, 0.2) is 70.2 Å². The lowest BCUT2D eigenvalue weighted by Crippen LogP contribution is -2.20. The normalized spacial score (nSPS) is 11.2. The number of nitrogens with zero attached hydrogens (tertiary/aromatic N) is 1. The number of primary sulfonamides is 1. The second kappa shape index (κ2) is 7.75. The molecule has 0 saturated heterocycles. The summed E-state index contributed by atoms with van der Waals surface area (Å²) in [7, 11) is -2.49. The van der Waals surface area contributed by atoms with Crippen LogP contribution in [0.4, 0.5) is 17.1 Å². The number of nitrogens with two attached hydrogens (primary N) is 1. The molecule has 1 heterocycles. The molecule has 3 aromatic rings. The number of carboxylic acid groups (broad SMARTS) is 1. The van der Waals surface area contributed by atoms with Gasteiger partial charge in [-0.3, -0.25) is 0 Å². The van der Waals surface area contributed by atoms with Gasteiger partial charge in [-0.2, -0.15) is 0 Å². The van der Waals surface area contributed by atoms with Gasteiger partial charge in [0.2, 0.25) is 10.0 Å². The van der Waals surface area contributed by atoms with Gasteiger partial charge < -0.3 is 19.7 Å². The largest absolute Gasteiger partial charge is 0.478 e. The lowest BCUT2D eigenvalue weighted by Gasteiger charge is -2.24. The van der Waals surface area contributed by atoms with Crippen LogP contribution in [-0.2, 0) is 16.6 Å². The number of furan rings is 1. The first-order valence-electron chi connectivity index (χ1n) is 8.26. The van der Waals surface area contributed by atoms with Gasteiger partial charge in [-0.1, -0.05) is 18.2 Å². The molecule has 0 spiro atoms. The van der Waals surface area contributed by atoms with E-state index in [0.717, 1.165) is 6.07 Å². The van der Waals surface area contributed by atoms with Crippen LogP contribution in [0.25, 0.3) is 0 Å². The summed E-state index contributed by atoms with van der Waals surface area (Å²) in [5, 5.41) is 17.9. The summed E-state index contributed by atoms with van der Waals surface area (Å²) in [5.74, 6) is -0.675. The van der Waals surface area contributed by atoms with Crippen molar-refractivity contribution in [1.82, 2.24) is 0 Å². The van der Waals surface area contributed by atoms with Crippen molar-refractivity contribution >= 4 is 33.1 Å². The molecule has 0 atom stereocenters. The van der Waals surface area contributed by atoms with E-state index in [4.69, 9.17) is 9.56 Å². The highest BCUT2D eigenvalue weighted by Crippen LogP contribution is 2.34. The Balaban J connectivity index is 2.12. The number of anilines is 3. The maximum Gasteiger partial charge on any atom is 0.337 e. The molecule has 0 fully saturated rings. The molecule has 146 valence electrons. The number of hydrogen-bond acceptors (Lipinski definition) is 6. The smallest absolute Gasteiger partial charge is 0.337 e. The standard InChI is InChI=1S/C19H19N3O5S/c1-22(13-6-3-2-4-7-13)17-11-16(21-12-14-8-5-9-27-14)15(19(23)24)10-18(17)28(20,25)26/h2-11,21H,12H2,1H3,(H,23,24)(H2,20,25,26). The van der Waals surface area contributed by atoms with Crippen molar-refractivity contribution in [1.29, 1.82) is 0 Å². The van der Waals surface area contributed by atoms with Gasteiger partial charge in [0, 0.05) is 12.7 Å². The number of carboxylic acids is 1. The van der Waals surface area contributed by atoms with Crippen molar-refractivity contribution in [2.75, 3.05) is 17.3 Å². The molecule has 28 heavy (non-hydrogen) atoms. The van der Waals surface area contributed by atoms with Crippen LogP contribution in [0, 0.1) is 0 Å². The first-order valence-corrected chi connectivity index (χ1v) is 9.81. The second-order valence-corrected chi connectivity index (χ2v) is 7.57. The molecule has 4 N–H and O–H groups in total. The van der Waals surface area contributed by atoms with E-state index in [1.165, 1.54) is 12.3 Å². The molecular weight excluding hydrogens is 382 g/mol. The molecule has 0 saturated carbocycles. The second-order valence-electron chi connectivity index (χ2n) is 6.04. The number of hydrogen-bond donors (Lipinski definition) is 3. The number of aromatic carboxylic acids is 1. The van der Waals surface area contributed by atoms with Crippen LogP contribution in [-0.4, -0.2) is 26.5 Å². The lowest BCUT2D eigenvalue weighted by atomic mass is 10.1. The van der Waals surface area contributed by atoms with Crippen molar-refractivity contribution in [3.63, 3.8) is 0 Å². The number of nitrogens with one attached hydrogen (secondary N) is 1. The van der Waals surface area contributed by atoms with Crippen LogP contribution in [0.3, 0.4) is 0 Å². The van der Waals surface area contributed by atoms with Crippen molar-refractivity contribution in [2.45, 2.75) is 11.4 Å². The zero-order valence-corrected chi connectivity index (χ0v) is 15.8. The van der Waals surface area contributed by atoms with E-state index in [-0.39, 0.29) is 28.4 Å². The average molecular weight is 401 g/mol. The Hall–Kier alpha value is -3.30. The van der Waals surface area contributed by atoms with Crippen molar-refractivity contribution in [3.05, 3.63) is 72.2 Å². The number of sulfonamides is 1. The molecule has 0 aliphatic carbocycles. The molecule has 0 amide bonds. The molecule has 3 rings (SSSR count). The summed E-state index contributed by atoms with van der Waals surface area (Å²) < 4.78 is 29.5. The summed E-state index contributed by atoms with van der Waals surface area (Å²) in [6, 6.07) is 15.0. The minimum Gasteiger partial charge on any atom is -0.478 e. The van der Waals surface area contributed by atoms with E-state index < -0.39 is 16.0 Å². The molecule has 0 bridgehead atoms. The Morgan fingerprint density at radius 2 is 1.89 bits per heavy atom. The number of para-hydroxylation sites is 1. The third-order valence-corrected chi connectivity index (χ3v) is 5.11. The molecule has 0 radical (unpaired) electrons. The highest BCUT2D eigenvalue weighted by Gasteiger charge is 2.23. The van der Waals surface area contributed by atoms with Gasteiger partial charge in [0.25, 0.3) is 0 Å². The fourth-order valence-corrected chi connectivity index (χ4v) is 3.54. The van der Waals surface area contributed by atoms with Crippen LogP contribution in [0.2, 0.25) is 0 Å². The minimum atomic E-state index is -4.17. The molecule has 0 aliphatic rings. The zero-order chi connectivity index (χ0) is 20.3. The van der Waals surface area contributed by atoms with Gasteiger partial charge in [-0.15, -0.1) is 0 Å². The monoisotopic (exact) mass is 401 g/mol. The SMILES string of the molecule is CN(c1ccccc1)c1cc(NCc2ccco2)c(C(=O)O)cc1S(N)(=O)=O. The molecule has 8 nitrogen and oxygen atoms in total. The fourth-order valence-electron chi connectivity index (χ4n) is 2.77. The van der Waals surface area contributed by atoms with E-state index in [1.54, 1.807) is 36.2 Å². The van der Waals surface area contributed by atoms with Crippen molar-refractivity contribution in [3.8, 4) is 0 Å². The Bertz CT molecular complexity index is 1080. The van der Waals surface area contributed by atoms with Crippen LogP contribution in [0.1, 0.15) is 16.1 Å². The Kier molecular flexibility index (Phi) is 5.39. The quantitative estimate of drug-likeness (QED) is 0.555. The predicted molar refractivity (Wildman–Crippen MR) is 105 cm³/mol. The fraction of sp³-hybridized carbons (Fsp3) is 0.105. The predicted octanol–water partition coefficient (Wildman–Crippen LogP) is 3.01. The lowest BCUT2D eigenvalue weighted by molar-refractivity contribution is 0.0697. The first-order chi connectivity index (χ1) is 13.3. The molecular formula is C19H19N3O5S. The van der Waals surface area contributed by atoms with E-state index in [2.05, 4.69) is 5.32 Å². The highest BCUT2D eigenvalue weighted by atomic mass is 32.2. The van der Waals surface area contributed by atoms with Gasteiger partial charge in [0.1, 0.15) is 10.7 Å². The van der Waals surface area contributed by atoms with E-state index in [0.29, 0.717) is 11.4 Å². The Morgan fingerprint density at radius 3 is 2.46 bits per heavy atom. The first kappa shape index (κ1) is 19.5. The van der Waals surface area contributed by atoms with Crippen LogP contribution < -0.4 is 15.4 Å². The number of benzene rings is 2. The third-order valence-electron chi connectivity index (χ3n) is 4.17. The Labute approximate surface area is 162 Å². The third kappa shape index (κ3) is 4.16. The summed E-state index contributed by atoms with van der Waals surface area (Å²) in [5.41, 5.74) is 1.00. The van der Waals surface area contributed by atoms with Gasteiger partial charge in [0.05, 0.1) is 29.7 Å². The average Bonchev–Trinajstić information content (AvgIpc) is 3.18. The summed E-state index contributed by atoms with van der Waals surface area (Å²) in [6.07, 6.45) is 1.51. The zero-order valence-electron chi connectivity index (χ0n) is 15.0. The summed E-state index contributed by atoms with van der Waals surface area (Å²) in [6.45, 7) is 0.233. The minimum absolute atomic E-state index is 0.208. The number of carbonyl (C=O) groups is 1. The van der Waals surface area contributed by atoms with E-state index in [1.807, 2.05) is 18.2 Å². The summed E-state index contributed by atoms with van der Waals surface area (Å²) >= 11 is 0. The summed E-state index contributed by atoms with van der Waals surface area (Å²) in [4.78, 5) is 13.1. The number of rotatable bonds is 7. The molecule has 9 heteroatoms. The topological polar surface area (TPSA) is 126 Å². The Morgan fingerprint density at radius 1 is 1.18 bits per heavy atom. The van der Waals surface area contributed by atoms with Gasteiger partial charge >= 0.3 is 5.97 Å².